The van der Waals surface area contributed by atoms with Crippen LogP contribution in [0.2, 0.25) is 0 Å². The summed E-state index contributed by atoms with van der Waals surface area (Å²) in [6.45, 7) is 7.01. The Morgan fingerprint density at radius 3 is 2.63 bits per heavy atom. The van der Waals surface area contributed by atoms with Gasteiger partial charge < -0.3 is 5.73 Å². The van der Waals surface area contributed by atoms with Crippen molar-refractivity contribution >= 4 is 0 Å². The maximum atomic E-state index is 5.71. The zero-order valence-electron chi connectivity index (χ0n) is 16.8. The average Bonchev–Trinajstić information content (AvgIpc) is 2.71. The molecule has 1 atom stereocenters. The molecule has 2 aromatic rings. The number of pyridine rings is 2. The van der Waals surface area contributed by atoms with E-state index >= 15 is 0 Å². The Kier molecular flexibility index (Phi) is 9.74. The lowest BCUT2D eigenvalue weighted by molar-refractivity contribution is 0.202. The smallest absolute Gasteiger partial charge is 0.0890 e. The fraction of sp³-hybridized carbons (Fsp3) is 0.478. The topological polar surface area (TPSA) is 55.0 Å². The number of nitrogens with zero attached hydrogens (tertiary/aromatic N) is 3. The molecule has 146 valence electrons. The van der Waals surface area contributed by atoms with Gasteiger partial charge in [0.25, 0.3) is 0 Å². The van der Waals surface area contributed by atoms with Crippen molar-refractivity contribution in [3.8, 4) is 11.4 Å². The van der Waals surface area contributed by atoms with E-state index in [0.29, 0.717) is 6.04 Å². The summed E-state index contributed by atoms with van der Waals surface area (Å²) in [6, 6.07) is 12.6. The number of nitrogens with two attached hydrogens (primary N) is 1. The van der Waals surface area contributed by atoms with Crippen molar-refractivity contribution in [2.24, 2.45) is 5.73 Å². The van der Waals surface area contributed by atoms with Gasteiger partial charge in [-0.1, -0.05) is 44.1 Å². The van der Waals surface area contributed by atoms with Gasteiger partial charge in [-0.25, -0.2) is 4.98 Å². The van der Waals surface area contributed by atoms with E-state index in [1.807, 2.05) is 30.5 Å². The molecule has 27 heavy (non-hydrogen) atoms. The van der Waals surface area contributed by atoms with Gasteiger partial charge in [-0.15, -0.1) is 0 Å². The van der Waals surface area contributed by atoms with E-state index in [0.717, 1.165) is 49.6 Å². The molecule has 0 saturated carbocycles. The first-order chi connectivity index (χ1) is 13.3. The van der Waals surface area contributed by atoms with Crippen molar-refractivity contribution < 1.29 is 0 Å². The molecule has 0 fully saturated rings. The minimum absolute atomic E-state index is 0.452. The van der Waals surface area contributed by atoms with Crippen LogP contribution in [0.4, 0.5) is 0 Å². The lowest BCUT2D eigenvalue weighted by Gasteiger charge is -2.30. The Morgan fingerprint density at radius 1 is 1.07 bits per heavy atom. The van der Waals surface area contributed by atoms with Gasteiger partial charge in [0.05, 0.1) is 17.1 Å². The Morgan fingerprint density at radius 2 is 1.93 bits per heavy atom. The predicted octanol–water partition coefficient (Wildman–Crippen LogP) is 4.82. The molecule has 0 saturated heterocycles. The molecule has 1 unspecified atom stereocenters. The van der Waals surface area contributed by atoms with Gasteiger partial charge in [-0.2, -0.15) is 0 Å². The summed E-state index contributed by atoms with van der Waals surface area (Å²) in [5.41, 5.74) is 8.67. The van der Waals surface area contributed by atoms with E-state index in [-0.39, 0.29) is 0 Å². The summed E-state index contributed by atoms with van der Waals surface area (Å²) in [4.78, 5) is 11.9. The Bertz CT molecular complexity index is 669. The minimum Gasteiger partial charge on any atom is -0.330 e. The summed E-state index contributed by atoms with van der Waals surface area (Å²) >= 11 is 0. The summed E-state index contributed by atoms with van der Waals surface area (Å²) in [7, 11) is 0. The largest absolute Gasteiger partial charge is 0.330 e. The van der Waals surface area contributed by atoms with Gasteiger partial charge in [0.1, 0.15) is 0 Å². The molecule has 0 bridgehead atoms. The number of unbranched alkanes of at least 4 members (excludes halogenated alkanes) is 2. The van der Waals surface area contributed by atoms with Crippen LogP contribution in [0.5, 0.6) is 0 Å². The first kappa shape index (κ1) is 21.3. The van der Waals surface area contributed by atoms with Crippen molar-refractivity contribution in [3.63, 3.8) is 0 Å². The zero-order valence-corrected chi connectivity index (χ0v) is 16.8. The SMILES string of the molecule is C/C=C/C(CCCC)N(CCCCN)Cc1cccc(-c2ccccn2)n1. The van der Waals surface area contributed by atoms with Crippen LogP contribution in [0, 0.1) is 0 Å². The lowest BCUT2D eigenvalue weighted by atomic mass is 10.1. The van der Waals surface area contributed by atoms with Gasteiger partial charge in [0.15, 0.2) is 0 Å². The molecule has 2 rings (SSSR count). The number of rotatable bonds is 12. The fourth-order valence-electron chi connectivity index (χ4n) is 3.29. The monoisotopic (exact) mass is 366 g/mol. The van der Waals surface area contributed by atoms with Crippen molar-refractivity contribution in [3.05, 3.63) is 60.4 Å². The van der Waals surface area contributed by atoms with E-state index in [1.165, 1.54) is 19.3 Å². The summed E-state index contributed by atoms with van der Waals surface area (Å²) in [5, 5.41) is 0. The van der Waals surface area contributed by atoms with Crippen molar-refractivity contribution in [1.29, 1.82) is 0 Å². The second-order valence-electron chi connectivity index (χ2n) is 6.93. The Hall–Kier alpha value is -2.04. The average molecular weight is 367 g/mol. The van der Waals surface area contributed by atoms with Crippen LogP contribution < -0.4 is 5.73 Å². The molecule has 0 aliphatic carbocycles. The van der Waals surface area contributed by atoms with E-state index in [9.17, 15) is 0 Å². The quantitative estimate of drug-likeness (QED) is 0.432. The molecule has 0 spiro atoms. The molecule has 0 radical (unpaired) electrons. The Balaban J connectivity index is 2.17. The van der Waals surface area contributed by atoms with Crippen LogP contribution in [0.1, 0.15) is 51.6 Å². The lowest BCUT2D eigenvalue weighted by Crippen LogP contribution is -2.35. The van der Waals surface area contributed by atoms with Crippen LogP contribution in [0.3, 0.4) is 0 Å². The van der Waals surface area contributed by atoms with Gasteiger partial charge in [-0.3, -0.25) is 9.88 Å². The molecule has 2 heterocycles. The van der Waals surface area contributed by atoms with E-state index in [4.69, 9.17) is 10.7 Å². The van der Waals surface area contributed by atoms with E-state index in [1.54, 1.807) is 0 Å². The van der Waals surface area contributed by atoms with Gasteiger partial charge >= 0.3 is 0 Å². The summed E-state index contributed by atoms with van der Waals surface area (Å²) < 4.78 is 0. The maximum absolute atomic E-state index is 5.71. The number of allylic oxidation sites excluding steroid dienone is 1. The molecule has 0 aromatic carbocycles. The van der Waals surface area contributed by atoms with Gasteiger partial charge in [-0.05, 0) is 63.5 Å². The molecule has 4 nitrogen and oxygen atoms in total. The zero-order chi connectivity index (χ0) is 19.3. The maximum Gasteiger partial charge on any atom is 0.0890 e. The van der Waals surface area contributed by atoms with Crippen LogP contribution in [0.15, 0.2) is 54.7 Å². The molecular formula is C23H34N4. The third kappa shape index (κ3) is 7.24. The number of aromatic nitrogens is 2. The first-order valence-corrected chi connectivity index (χ1v) is 10.2. The van der Waals surface area contributed by atoms with Crippen LogP contribution in [-0.2, 0) is 6.54 Å². The number of hydrogen-bond donors (Lipinski definition) is 1. The minimum atomic E-state index is 0.452. The third-order valence-electron chi connectivity index (χ3n) is 4.74. The molecule has 0 aliphatic rings. The highest BCUT2D eigenvalue weighted by atomic mass is 15.2. The second-order valence-corrected chi connectivity index (χ2v) is 6.93. The predicted molar refractivity (Wildman–Crippen MR) is 114 cm³/mol. The normalized spacial score (nSPS) is 12.7. The van der Waals surface area contributed by atoms with Crippen molar-refractivity contribution in [2.75, 3.05) is 13.1 Å². The standard InChI is InChI=1S/C23H34N4/c1-3-5-13-21(11-4-2)27(18-9-7-16-24)19-20-12-10-15-23(26-20)22-14-6-8-17-25-22/h4,6,8,10-12,14-15,17,21H,3,5,7,9,13,16,18-19,24H2,1-2H3/b11-4+. The van der Waals surface area contributed by atoms with Crippen LogP contribution in [-0.4, -0.2) is 34.0 Å². The van der Waals surface area contributed by atoms with Gasteiger partial charge in [0, 0.05) is 18.8 Å². The van der Waals surface area contributed by atoms with Crippen LogP contribution >= 0.6 is 0 Å². The highest BCUT2D eigenvalue weighted by Crippen LogP contribution is 2.18. The highest BCUT2D eigenvalue weighted by Gasteiger charge is 2.16. The Labute approximate surface area is 164 Å². The second kappa shape index (κ2) is 12.4. The highest BCUT2D eigenvalue weighted by molar-refractivity contribution is 5.53. The van der Waals surface area contributed by atoms with Crippen molar-refractivity contribution in [1.82, 2.24) is 14.9 Å². The third-order valence-corrected chi connectivity index (χ3v) is 4.74. The van der Waals surface area contributed by atoms with E-state index < -0.39 is 0 Å². The van der Waals surface area contributed by atoms with Crippen LogP contribution in [0.25, 0.3) is 11.4 Å². The molecule has 4 heteroatoms. The van der Waals surface area contributed by atoms with E-state index in [2.05, 4.69) is 48.0 Å². The molecule has 0 aliphatic heterocycles. The summed E-state index contributed by atoms with van der Waals surface area (Å²) in [6.07, 6.45) is 12.2. The van der Waals surface area contributed by atoms with Crippen molar-refractivity contribution in [2.45, 2.75) is 58.5 Å². The molecule has 2 aromatic heterocycles. The van der Waals surface area contributed by atoms with Gasteiger partial charge in [0.2, 0.25) is 0 Å². The number of hydrogen-bond acceptors (Lipinski definition) is 4. The fourth-order valence-corrected chi connectivity index (χ4v) is 3.29. The summed E-state index contributed by atoms with van der Waals surface area (Å²) in [5.74, 6) is 0. The first-order valence-electron chi connectivity index (χ1n) is 10.2. The molecule has 0 amide bonds. The molecular weight excluding hydrogens is 332 g/mol. The molecule has 2 N–H and O–H groups in total.